The smallest absolute Gasteiger partial charge is 0.324 e. The molecule has 2 aromatic rings. The van der Waals surface area contributed by atoms with Crippen molar-refractivity contribution in [2.45, 2.75) is 60.8 Å². The van der Waals surface area contributed by atoms with Gasteiger partial charge in [0, 0.05) is 5.41 Å². The van der Waals surface area contributed by atoms with Crippen molar-refractivity contribution < 1.29 is 98.0 Å². The molecule has 0 unspecified atom stereocenters. The molecule has 2 aromatic carbocycles. The van der Waals surface area contributed by atoms with E-state index in [4.69, 9.17) is 28.4 Å². The molecule has 0 bridgehead atoms. The summed E-state index contributed by atoms with van der Waals surface area (Å²) in [6.07, 6.45) is 0. The van der Waals surface area contributed by atoms with Crippen LogP contribution >= 0.6 is 0 Å². The Morgan fingerprint density at radius 3 is 0.723 bits per heavy atom. The Kier molecular flexibility index (Phi) is 19.8. The molecule has 0 saturated heterocycles. The van der Waals surface area contributed by atoms with E-state index in [2.05, 4.69) is 0 Å². The van der Waals surface area contributed by atoms with Crippen molar-refractivity contribution in [2.24, 2.45) is 32.5 Å². The topological polar surface area (TPSA) is 320 Å². The number of carbonyl (C=O) groups is 6. The van der Waals surface area contributed by atoms with Gasteiger partial charge >= 0.3 is 35.8 Å². The summed E-state index contributed by atoms with van der Waals surface area (Å²) in [4.78, 5) is 78.2. The summed E-state index contributed by atoms with van der Waals surface area (Å²) in [6.45, 7) is 2.20. The molecular formula is C45H64O20. The highest BCUT2D eigenvalue weighted by Gasteiger charge is 2.45. The molecule has 0 atom stereocenters. The lowest BCUT2D eigenvalue weighted by Crippen LogP contribution is -2.46. The summed E-state index contributed by atoms with van der Waals surface area (Å²) in [5.74, 6) is -6.11. The Hall–Kier alpha value is -5.06. The summed E-state index contributed by atoms with van der Waals surface area (Å²) in [5.41, 5.74) is -9.85. The van der Waals surface area contributed by atoms with Crippen molar-refractivity contribution in [3.63, 3.8) is 0 Å². The van der Waals surface area contributed by atoms with Gasteiger partial charge in [0.25, 0.3) is 0 Å². The predicted molar refractivity (Wildman–Crippen MR) is 225 cm³/mol. The summed E-state index contributed by atoms with van der Waals surface area (Å²) < 4.78 is 32.3. The van der Waals surface area contributed by atoms with E-state index in [1.807, 2.05) is 13.8 Å². The Morgan fingerprint density at radius 2 is 0.538 bits per heavy atom. The molecule has 65 heavy (non-hydrogen) atoms. The summed E-state index contributed by atoms with van der Waals surface area (Å²) >= 11 is 0. The van der Waals surface area contributed by atoms with Crippen LogP contribution in [0.15, 0.2) is 48.5 Å². The second-order valence-corrected chi connectivity index (χ2v) is 18.4. The minimum Gasteiger partial charge on any atom is -0.464 e. The molecule has 364 valence electrons. The maximum atomic E-state index is 13.7. The van der Waals surface area contributed by atoms with Crippen molar-refractivity contribution in [1.82, 2.24) is 0 Å². The zero-order valence-corrected chi connectivity index (χ0v) is 38.1. The Labute approximate surface area is 377 Å². The van der Waals surface area contributed by atoms with Crippen molar-refractivity contribution in [2.75, 3.05) is 79.3 Å². The molecule has 2 rings (SSSR count). The average molecular weight is 925 g/mol. The first kappa shape index (κ1) is 56.1. The maximum Gasteiger partial charge on any atom is 0.324 e. The van der Waals surface area contributed by atoms with E-state index in [1.165, 1.54) is 65.8 Å². The van der Waals surface area contributed by atoms with E-state index in [-0.39, 0.29) is 11.5 Å². The van der Waals surface area contributed by atoms with Gasteiger partial charge in [-0.15, -0.1) is 0 Å². The zero-order valence-electron chi connectivity index (χ0n) is 38.1. The summed E-state index contributed by atoms with van der Waals surface area (Å²) in [6, 6.07) is 12.6. The number of aliphatic hydroxyl groups excluding tert-OH is 8. The standard InChI is InChI=1S/C45H64O20/c1-39(2,29-9-13-31(14-10-29)64-37(58)44(7,25-60-33(54)40(3,17-46)18-47)26-61-34(55)41(4,19-48)20-49)30-11-15-32(16-12-30)65-38(59)45(8,27-62-35(56)42(5,21-50)22-51)28-63-36(57)43(6,23-52)24-53/h9-16,46-53H,17-28H2,1-8H3. The van der Waals surface area contributed by atoms with Crippen molar-refractivity contribution in [1.29, 1.82) is 0 Å². The molecule has 8 N–H and O–H groups in total. The second-order valence-electron chi connectivity index (χ2n) is 18.4. The Balaban J connectivity index is 2.33. The number of benzene rings is 2. The first-order chi connectivity index (χ1) is 30.2. The first-order valence-corrected chi connectivity index (χ1v) is 20.4. The molecule has 0 spiro atoms. The van der Waals surface area contributed by atoms with Crippen LogP contribution in [0.1, 0.15) is 66.5 Å². The lowest BCUT2D eigenvalue weighted by atomic mass is 9.78. The fourth-order valence-corrected chi connectivity index (χ4v) is 5.14. The minimum absolute atomic E-state index is 0.0425. The van der Waals surface area contributed by atoms with Gasteiger partial charge in [0.15, 0.2) is 0 Å². The number of carbonyl (C=O) groups excluding carboxylic acids is 6. The molecule has 0 aliphatic rings. The minimum atomic E-state index is -1.86. The third-order valence-corrected chi connectivity index (χ3v) is 11.4. The molecule has 20 nitrogen and oxygen atoms in total. The maximum absolute atomic E-state index is 13.7. The van der Waals surface area contributed by atoms with Gasteiger partial charge < -0.3 is 69.3 Å². The fourth-order valence-electron chi connectivity index (χ4n) is 5.14. The number of ether oxygens (including phenoxy) is 6. The molecule has 0 aliphatic carbocycles. The van der Waals surface area contributed by atoms with E-state index in [9.17, 15) is 69.6 Å². The largest absolute Gasteiger partial charge is 0.464 e. The van der Waals surface area contributed by atoms with Crippen LogP contribution in [-0.4, -0.2) is 156 Å². The van der Waals surface area contributed by atoms with Gasteiger partial charge in [-0.1, -0.05) is 38.1 Å². The normalized spacial score (nSPS) is 12.8. The van der Waals surface area contributed by atoms with Crippen LogP contribution in [0.25, 0.3) is 0 Å². The molecule has 0 radical (unpaired) electrons. The van der Waals surface area contributed by atoms with Crippen LogP contribution < -0.4 is 9.47 Å². The van der Waals surface area contributed by atoms with Gasteiger partial charge in [-0.05, 0) is 76.9 Å². The van der Waals surface area contributed by atoms with E-state index >= 15 is 0 Å². The van der Waals surface area contributed by atoms with Gasteiger partial charge in [-0.25, -0.2) is 0 Å². The lowest BCUT2D eigenvalue weighted by Gasteiger charge is -2.31. The number of hydrogen-bond acceptors (Lipinski definition) is 20. The lowest BCUT2D eigenvalue weighted by molar-refractivity contribution is -0.178. The Morgan fingerprint density at radius 1 is 0.338 bits per heavy atom. The third kappa shape index (κ3) is 13.5. The first-order valence-electron chi connectivity index (χ1n) is 20.4. The highest BCUT2D eigenvalue weighted by Crippen LogP contribution is 2.35. The third-order valence-electron chi connectivity index (χ3n) is 11.4. The van der Waals surface area contributed by atoms with Crippen LogP contribution in [0.3, 0.4) is 0 Å². The molecule has 0 saturated carbocycles. The highest BCUT2D eigenvalue weighted by molar-refractivity contribution is 5.83. The van der Waals surface area contributed by atoms with Gasteiger partial charge in [0.05, 0.1) is 52.9 Å². The van der Waals surface area contributed by atoms with Gasteiger partial charge in [-0.2, -0.15) is 0 Å². The monoisotopic (exact) mass is 924 g/mol. The molecule has 0 heterocycles. The summed E-state index contributed by atoms with van der Waals surface area (Å²) in [7, 11) is 0. The van der Waals surface area contributed by atoms with Gasteiger partial charge in [0.1, 0.15) is 70.4 Å². The number of hydrogen-bond donors (Lipinski definition) is 8. The molecule has 20 heteroatoms. The van der Waals surface area contributed by atoms with E-state index in [0.29, 0.717) is 0 Å². The number of esters is 6. The van der Waals surface area contributed by atoms with Crippen molar-refractivity contribution in [3.05, 3.63) is 59.7 Å². The van der Waals surface area contributed by atoms with E-state index in [0.717, 1.165) is 11.1 Å². The molecule has 0 aliphatic heterocycles. The number of aliphatic hydroxyl groups is 8. The van der Waals surface area contributed by atoms with Crippen molar-refractivity contribution >= 4 is 35.8 Å². The molecule has 0 amide bonds. The van der Waals surface area contributed by atoms with Crippen LogP contribution in [-0.2, 0) is 53.1 Å². The van der Waals surface area contributed by atoms with E-state index in [1.54, 1.807) is 24.3 Å². The average Bonchev–Trinajstić information content (AvgIpc) is 3.32. The predicted octanol–water partition coefficient (Wildman–Crippen LogP) is -0.0277. The molecular weight excluding hydrogens is 860 g/mol. The van der Waals surface area contributed by atoms with Gasteiger partial charge in [-0.3, -0.25) is 28.8 Å². The second kappa shape index (κ2) is 22.9. The quantitative estimate of drug-likeness (QED) is 0.0349. The zero-order chi connectivity index (χ0) is 49.7. The molecule has 0 aromatic heterocycles. The van der Waals surface area contributed by atoms with Crippen LogP contribution in [0.4, 0.5) is 0 Å². The summed E-state index contributed by atoms with van der Waals surface area (Å²) in [5, 5.41) is 77.0. The highest BCUT2D eigenvalue weighted by atomic mass is 16.6. The van der Waals surface area contributed by atoms with Crippen LogP contribution in [0.5, 0.6) is 11.5 Å². The number of rotatable bonds is 26. The fraction of sp³-hybridized carbons (Fsp3) is 0.600. The SMILES string of the molecule is CC(CO)(CO)C(=O)OCC(C)(COC(=O)C(C)(CO)CO)C(=O)Oc1ccc(C(C)(C)c2ccc(OC(=O)C(C)(COC(=O)C(C)(CO)CO)COC(=O)C(C)(CO)CO)cc2)cc1. The molecule has 0 fully saturated rings. The Bertz CT molecular complexity index is 1720. The van der Waals surface area contributed by atoms with Gasteiger partial charge in [0.2, 0.25) is 0 Å². The van der Waals surface area contributed by atoms with E-state index < -0.39 is 153 Å². The van der Waals surface area contributed by atoms with Crippen molar-refractivity contribution in [3.8, 4) is 11.5 Å². The van der Waals surface area contributed by atoms with Crippen LogP contribution in [0, 0.1) is 32.5 Å². The van der Waals surface area contributed by atoms with Crippen LogP contribution in [0.2, 0.25) is 0 Å².